The van der Waals surface area contributed by atoms with Crippen LogP contribution in [-0.4, -0.2) is 28.4 Å². The summed E-state index contributed by atoms with van der Waals surface area (Å²) >= 11 is 0. The van der Waals surface area contributed by atoms with Gasteiger partial charge in [-0.2, -0.15) is 0 Å². The van der Waals surface area contributed by atoms with Crippen LogP contribution in [0, 0.1) is 12.3 Å². The van der Waals surface area contributed by atoms with Crippen LogP contribution in [0.1, 0.15) is 25.0 Å². The number of aryl methyl sites for hydroxylation is 1. The van der Waals surface area contributed by atoms with Crippen LogP contribution in [0.2, 0.25) is 0 Å². The van der Waals surface area contributed by atoms with Crippen molar-refractivity contribution in [1.29, 1.82) is 5.41 Å². The molecule has 86 valence electrons. The van der Waals surface area contributed by atoms with Crippen LogP contribution in [0.5, 0.6) is 0 Å². The topological polar surface area (TPSA) is 78.9 Å². The molecule has 0 aliphatic heterocycles. The summed E-state index contributed by atoms with van der Waals surface area (Å²) in [5, 5.41) is 7.28. The van der Waals surface area contributed by atoms with E-state index >= 15 is 0 Å². The van der Waals surface area contributed by atoms with E-state index < -0.39 is 0 Å². The van der Waals surface area contributed by atoms with Crippen molar-refractivity contribution >= 4 is 11.7 Å². The SMILES string of the molecule is Cc1nccnc1N(CCC(=N)N)C1CC1. The van der Waals surface area contributed by atoms with Gasteiger partial charge >= 0.3 is 0 Å². The van der Waals surface area contributed by atoms with Gasteiger partial charge in [0.25, 0.3) is 0 Å². The molecule has 5 heteroatoms. The summed E-state index contributed by atoms with van der Waals surface area (Å²) in [6.45, 7) is 2.73. The fraction of sp³-hybridized carbons (Fsp3) is 0.545. The first-order valence-electron chi connectivity index (χ1n) is 5.55. The Labute approximate surface area is 95.2 Å². The minimum Gasteiger partial charge on any atom is -0.388 e. The van der Waals surface area contributed by atoms with Gasteiger partial charge in [-0.1, -0.05) is 0 Å². The molecule has 0 amide bonds. The summed E-state index contributed by atoms with van der Waals surface area (Å²) in [7, 11) is 0. The predicted molar refractivity (Wildman–Crippen MR) is 63.7 cm³/mol. The van der Waals surface area contributed by atoms with E-state index in [0.29, 0.717) is 12.5 Å². The lowest BCUT2D eigenvalue weighted by Gasteiger charge is -2.24. The Balaban J connectivity index is 2.12. The van der Waals surface area contributed by atoms with Gasteiger partial charge in [0.15, 0.2) is 0 Å². The van der Waals surface area contributed by atoms with Gasteiger partial charge in [0.1, 0.15) is 5.82 Å². The molecule has 0 unspecified atom stereocenters. The minimum atomic E-state index is 0.229. The van der Waals surface area contributed by atoms with Crippen LogP contribution in [0.3, 0.4) is 0 Å². The summed E-state index contributed by atoms with van der Waals surface area (Å²) < 4.78 is 0. The van der Waals surface area contributed by atoms with Crippen LogP contribution in [0.4, 0.5) is 5.82 Å². The predicted octanol–water partition coefficient (Wildman–Crippen LogP) is 1.08. The second-order valence-electron chi connectivity index (χ2n) is 4.17. The second kappa shape index (κ2) is 4.47. The van der Waals surface area contributed by atoms with Gasteiger partial charge in [-0.15, -0.1) is 0 Å². The fourth-order valence-corrected chi connectivity index (χ4v) is 1.77. The molecule has 5 nitrogen and oxygen atoms in total. The van der Waals surface area contributed by atoms with Gasteiger partial charge in [-0.05, 0) is 19.8 Å². The number of nitrogens with zero attached hydrogens (tertiary/aromatic N) is 3. The van der Waals surface area contributed by atoms with Gasteiger partial charge in [0.05, 0.1) is 11.5 Å². The molecule has 2 rings (SSSR count). The zero-order valence-electron chi connectivity index (χ0n) is 9.48. The van der Waals surface area contributed by atoms with Crippen LogP contribution < -0.4 is 10.6 Å². The molecular formula is C11H17N5. The normalized spacial score (nSPS) is 14.8. The molecule has 1 heterocycles. The van der Waals surface area contributed by atoms with E-state index in [1.165, 1.54) is 12.8 Å². The Morgan fingerprint density at radius 2 is 2.19 bits per heavy atom. The maximum Gasteiger partial charge on any atom is 0.150 e. The number of hydrogen-bond donors (Lipinski definition) is 2. The number of anilines is 1. The van der Waals surface area contributed by atoms with Gasteiger partial charge in [0.2, 0.25) is 0 Å². The van der Waals surface area contributed by atoms with E-state index in [9.17, 15) is 0 Å². The first-order valence-corrected chi connectivity index (χ1v) is 5.55. The van der Waals surface area contributed by atoms with Crippen molar-refractivity contribution in [3.63, 3.8) is 0 Å². The van der Waals surface area contributed by atoms with Crippen molar-refractivity contribution in [3.05, 3.63) is 18.1 Å². The molecule has 1 fully saturated rings. The highest BCUT2D eigenvalue weighted by Gasteiger charge is 2.30. The van der Waals surface area contributed by atoms with Gasteiger partial charge in [-0.3, -0.25) is 10.4 Å². The number of nitrogens with two attached hydrogens (primary N) is 1. The highest BCUT2D eigenvalue weighted by Crippen LogP contribution is 2.31. The van der Waals surface area contributed by atoms with Crippen molar-refractivity contribution < 1.29 is 0 Å². The van der Waals surface area contributed by atoms with Gasteiger partial charge in [0, 0.05) is 31.4 Å². The molecule has 0 saturated heterocycles. The molecule has 1 saturated carbocycles. The van der Waals surface area contributed by atoms with Crippen LogP contribution in [0.15, 0.2) is 12.4 Å². The lowest BCUT2D eigenvalue weighted by molar-refractivity contribution is 0.772. The Bertz CT molecular complexity index is 386. The first kappa shape index (κ1) is 10.9. The Morgan fingerprint density at radius 3 is 2.75 bits per heavy atom. The quantitative estimate of drug-likeness (QED) is 0.573. The maximum absolute atomic E-state index is 7.28. The highest BCUT2D eigenvalue weighted by atomic mass is 15.2. The Morgan fingerprint density at radius 1 is 1.50 bits per heavy atom. The van der Waals surface area contributed by atoms with Crippen LogP contribution >= 0.6 is 0 Å². The zero-order valence-corrected chi connectivity index (χ0v) is 9.48. The maximum atomic E-state index is 7.28. The average Bonchev–Trinajstić information content (AvgIpc) is 3.04. The average molecular weight is 219 g/mol. The van der Waals surface area contributed by atoms with Crippen molar-refractivity contribution in [2.45, 2.75) is 32.2 Å². The van der Waals surface area contributed by atoms with E-state index in [1.54, 1.807) is 12.4 Å². The molecule has 16 heavy (non-hydrogen) atoms. The van der Waals surface area contributed by atoms with E-state index in [-0.39, 0.29) is 5.84 Å². The lowest BCUT2D eigenvalue weighted by atomic mass is 10.3. The number of amidine groups is 1. The Hall–Kier alpha value is -1.65. The monoisotopic (exact) mass is 219 g/mol. The number of rotatable bonds is 5. The van der Waals surface area contributed by atoms with Gasteiger partial charge in [-0.25, -0.2) is 4.98 Å². The molecule has 0 bridgehead atoms. The fourth-order valence-electron chi connectivity index (χ4n) is 1.77. The van der Waals surface area contributed by atoms with E-state index in [4.69, 9.17) is 11.1 Å². The third-order valence-corrected chi connectivity index (χ3v) is 2.74. The first-order chi connectivity index (χ1) is 7.68. The van der Waals surface area contributed by atoms with Crippen molar-refractivity contribution in [2.75, 3.05) is 11.4 Å². The number of aromatic nitrogens is 2. The van der Waals surface area contributed by atoms with E-state index in [2.05, 4.69) is 14.9 Å². The molecule has 0 atom stereocenters. The van der Waals surface area contributed by atoms with E-state index in [0.717, 1.165) is 18.1 Å². The van der Waals surface area contributed by atoms with Crippen LogP contribution in [-0.2, 0) is 0 Å². The van der Waals surface area contributed by atoms with Crippen molar-refractivity contribution in [3.8, 4) is 0 Å². The Kier molecular flexibility index (Phi) is 3.03. The third-order valence-electron chi connectivity index (χ3n) is 2.74. The second-order valence-corrected chi connectivity index (χ2v) is 4.17. The van der Waals surface area contributed by atoms with Crippen molar-refractivity contribution in [1.82, 2.24) is 9.97 Å². The summed E-state index contributed by atoms with van der Waals surface area (Å²) in [6.07, 6.45) is 6.41. The minimum absolute atomic E-state index is 0.229. The molecule has 1 aromatic rings. The highest BCUT2D eigenvalue weighted by molar-refractivity contribution is 5.77. The van der Waals surface area contributed by atoms with Crippen LogP contribution in [0.25, 0.3) is 0 Å². The molecule has 0 radical (unpaired) electrons. The summed E-state index contributed by atoms with van der Waals surface area (Å²) in [5.41, 5.74) is 6.34. The largest absolute Gasteiger partial charge is 0.388 e. The zero-order chi connectivity index (χ0) is 11.5. The molecule has 1 aromatic heterocycles. The van der Waals surface area contributed by atoms with E-state index in [1.807, 2.05) is 6.92 Å². The van der Waals surface area contributed by atoms with Crippen molar-refractivity contribution in [2.24, 2.45) is 5.73 Å². The molecule has 0 aromatic carbocycles. The molecule has 0 spiro atoms. The number of nitrogens with one attached hydrogen (secondary N) is 1. The standard InChI is InChI=1S/C11H17N5/c1-8-11(15-6-5-14-8)16(9-2-3-9)7-4-10(12)13/h5-6,9H,2-4,7H2,1H3,(H3,12,13). The molecular weight excluding hydrogens is 202 g/mol. The van der Waals surface area contributed by atoms with Gasteiger partial charge < -0.3 is 10.6 Å². The number of hydrogen-bond acceptors (Lipinski definition) is 4. The smallest absolute Gasteiger partial charge is 0.150 e. The summed E-state index contributed by atoms with van der Waals surface area (Å²) in [6, 6.07) is 0.565. The molecule has 3 N–H and O–H groups in total. The summed E-state index contributed by atoms with van der Waals surface area (Å²) in [5.74, 6) is 1.17. The summed E-state index contributed by atoms with van der Waals surface area (Å²) in [4.78, 5) is 10.8. The molecule has 1 aliphatic carbocycles. The molecule has 1 aliphatic rings. The lowest BCUT2D eigenvalue weighted by Crippen LogP contribution is -2.31. The third kappa shape index (κ3) is 2.48.